The zero-order valence-corrected chi connectivity index (χ0v) is 18.1. The van der Waals surface area contributed by atoms with E-state index in [1.165, 1.54) is 19.2 Å². The van der Waals surface area contributed by atoms with Crippen LogP contribution in [0.1, 0.15) is 56.5 Å². The molecule has 3 atom stereocenters. The van der Waals surface area contributed by atoms with Gasteiger partial charge < -0.3 is 18.9 Å². The van der Waals surface area contributed by atoms with Crippen molar-refractivity contribution in [1.29, 1.82) is 0 Å². The standard InChI is InChI=1S/C21H21F3N2O7/c1-11(33-26(29)30)13-7-8-25(17(28)9-13)18-15-10-14(21(22,23)24)5-6-16(15)32-20(3,4)19(18)31-12(2)27/h5-11,18-19H,1-4H3. The van der Waals surface area contributed by atoms with Crippen LogP contribution in [0.15, 0.2) is 41.3 Å². The average molecular weight is 470 g/mol. The summed E-state index contributed by atoms with van der Waals surface area (Å²) >= 11 is 0. The van der Waals surface area contributed by atoms with E-state index in [1.54, 1.807) is 13.8 Å². The molecule has 0 radical (unpaired) electrons. The molecule has 33 heavy (non-hydrogen) atoms. The van der Waals surface area contributed by atoms with E-state index in [-0.39, 0.29) is 16.9 Å². The molecule has 178 valence electrons. The fourth-order valence-corrected chi connectivity index (χ4v) is 3.79. The predicted octanol–water partition coefficient (Wildman–Crippen LogP) is 3.83. The van der Waals surface area contributed by atoms with Crippen molar-refractivity contribution in [1.82, 2.24) is 4.57 Å². The lowest BCUT2D eigenvalue weighted by Gasteiger charge is -2.44. The van der Waals surface area contributed by atoms with E-state index in [0.29, 0.717) is 0 Å². The topological polar surface area (TPSA) is 110 Å². The highest BCUT2D eigenvalue weighted by Crippen LogP contribution is 2.45. The van der Waals surface area contributed by atoms with Crippen LogP contribution in [-0.2, 0) is 20.5 Å². The molecule has 2 aromatic rings. The number of aromatic nitrogens is 1. The molecule has 0 spiro atoms. The van der Waals surface area contributed by atoms with Gasteiger partial charge in [-0.25, -0.2) is 0 Å². The molecule has 3 unspecified atom stereocenters. The number of rotatable bonds is 5. The lowest BCUT2D eigenvalue weighted by Crippen LogP contribution is -2.54. The molecule has 1 aliphatic heterocycles. The summed E-state index contributed by atoms with van der Waals surface area (Å²) in [6.45, 7) is 5.67. The number of fused-ring (bicyclic) bond motifs is 1. The van der Waals surface area contributed by atoms with Crippen LogP contribution in [0.4, 0.5) is 13.2 Å². The third kappa shape index (κ3) is 4.94. The summed E-state index contributed by atoms with van der Waals surface area (Å²) in [6.07, 6.45) is -5.61. The quantitative estimate of drug-likeness (QED) is 0.371. The van der Waals surface area contributed by atoms with Crippen molar-refractivity contribution in [3.63, 3.8) is 0 Å². The zero-order chi connectivity index (χ0) is 24.7. The summed E-state index contributed by atoms with van der Waals surface area (Å²) in [5.74, 6) is -0.614. The van der Waals surface area contributed by atoms with Crippen LogP contribution in [0, 0.1) is 10.1 Å². The molecule has 0 fully saturated rings. The Morgan fingerprint density at radius 3 is 2.48 bits per heavy atom. The van der Waals surface area contributed by atoms with Gasteiger partial charge in [-0.3, -0.25) is 9.59 Å². The molecule has 0 saturated carbocycles. The Morgan fingerprint density at radius 2 is 1.94 bits per heavy atom. The first-order valence-corrected chi connectivity index (χ1v) is 9.81. The second kappa shape index (κ2) is 8.41. The molecule has 1 aromatic carbocycles. The summed E-state index contributed by atoms with van der Waals surface area (Å²) in [5.41, 5.74) is -2.67. The minimum Gasteiger partial charge on any atom is -0.484 e. The molecule has 0 saturated heterocycles. The number of carbonyl (C=O) groups excluding carboxylic acids is 1. The number of halogens is 3. The van der Waals surface area contributed by atoms with Crippen LogP contribution in [-0.4, -0.2) is 27.3 Å². The number of hydrogen-bond acceptors (Lipinski definition) is 7. The molecule has 12 heteroatoms. The fourth-order valence-electron chi connectivity index (χ4n) is 3.79. The Balaban J connectivity index is 2.20. The van der Waals surface area contributed by atoms with E-state index in [0.717, 1.165) is 35.8 Å². The molecule has 1 aromatic heterocycles. The van der Waals surface area contributed by atoms with Crippen molar-refractivity contribution in [2.24, 2.45) is 0 Å². The Labute approximate surface area is 185 Å². The first-order chi connectivity index (χ1) is 15.2. The van der Waals surface area contributed by atoms with Crippen LogP contribution in [0.2, 0.25) is 0 Å². The Morgan fingerprint density at radius 1 is 1.27 bits per heavy atom. The van der Waals surface area contributed by atoms with Crippen LogP contribution < -0.4 is 10.3 Å². The van der Waals surface area contributed by atoms with Crippen LogP contribution in [0.25, 0.3) is 0 Å². The van der Waals surface area contributed by atoms with Gasteiger partial charge in [-0.15, -0.1) is 10.1 Å². The number of nitrogens with zero attached hydrogens (tertiary/aromatic N) is 2. The number of alkyl halides is 3. The molecule has 0 bridgehead atoms. The van der Waals surface area contributed by atoms with Crippen molar-refractivity contribution in [2.45, 2.75) is 57.7 Å². The highest BCUT2D eigenvalue weighted by Gasteiger charge is 2.48. The van der Waals surface area contributed by atoms with Gasteiger partial charge in [-0.2, -0.15) is 13.2 Å². The van der Waals surface area contributed by atoms with Crippen LogP contribution >= 0.6 is 0 Å². The summed E-state index contributed by atoms with van der Waals surface area (Å²) in [4.78, 5) is 39.9. The first kappa shape index (κ1) is 24.1. The Hall–Kier alpha value is -3.57. The predicted molar refractivity (Wildman–Crippen MR) is 107 cm³/mol. The molecule has 2 heterocycles. The third-order valence-corrected chi connectivity index (χ3v) is 5.28. The highest BCUT2D eigenvalue weighted by atomic mass is 19.4. The third-order valence-electron chi connectivity index (χ3n) is 5.28. The molecule has 9 nitrogen and oxygen atoms in total. The van der Waals surface area contributed by atoms with Gasteiger partial charge in [0, 0.05) is 24.8 Å². The van der Waals surface area contributed by atoms with Crippen molar-refractivity contribution in [3.8, 4) is 5.75 Å². The van der Waals surface area contributed by atoms with Crippen molar-refractivity contribution < 1.29 is 37.4 Å². The monoisotopic (exact) mass is 470 g/mol. The molecular weight excluding hydrogens is 449 g/mol. The van der Waals surface area contributed by atoms with Gasteiger partial charge in [0.15, 0.2) is 6.10 Å². The van der Waals surface area contributed by atoms with Crippen LogP contribution in [0.3, 0.4) is 0 Å². The summed E-state index contributed by atoms with van der Waals surface area (Å²) < 4.78 is 52.6. The van der Waals surface area contributed by atoms with E-state index in [1.807, 2.05) is 0 Å². The van der Waals surface area contributed by atoms with Crippen molar-refractivity contribution in [3.05, 3.63) is 73.7 Å². The lowest BCUT2D eigenvalue weighted by molar-refractivity contribution is -0.770. The number of hydrogen-bond donors (Lipinski definition) is 0. The number of esters is 1. The van der Waals surface area contributed by atoms with E-state index < -0.39 is 52.2 Å². The molecule has 1 aliphatic rings. The number of carbonyl (C=O) groups is 1. The maximum absolute atomic E-state index is 13.4. The summed E-state index contributed by atoms with van der Waals surface area (Å²) in [5, 5.41) is 9.60. The van der Waals surface area contributed by atoms with Gasteiger partial charge in [0.05, 0.1) is 5.56 Å². The highest BCUT2D eigenvalue weighted by molar-refractivity contribution is 5.66. The fraction of sp³-hybridized carbons (Fsp3) is 0.429. The van der Waals surface area contributed by atoms with Gasteiger partial charge in [-0.05, 0) is 50.6 Å². The maximum atomic E-state index is 13.4. The van der Waals surface area contributed by atoms with E-state index >= 15 is 0 Å². The summed E-state index contributed by atoms with van der Waals surface area (Å²) in [6, 6.07) is 4.16. The minimum absolute atomic E-state index is 0.000148. The minimum atomic E-state index is -4.66. The first-order valence-electron chi connectivity index (χ1n) is 9.81. The number of benzene rings is 1. The Kier molecular flexibility index (Phi) is 6.14. The molecule has 3 rings (SSSR count). The smallest absolute Gasteiger partial charge is 0.416 e. The maximum Gasteiger partial charge on any atom is 0.416 e. The van der Waals surface area contributed by atoms with E-state index in [4.69, 9.17) is 9.47 Å². The van der Waals surface area contributed by atoms with Gasteiger partial charge in [0.2, 0.25) is 0 Å². The normalized spacial score (nSPS) is 20.2. The number of ether oxygens (including phenoxy) is 2. The molecule has 0 aliphatic carbocycles. The largest absolute Gasteiger partial charge is 0.484 e. The second-order valence-corrected chi connectivity index (χ2v) is 8.11. The second-order valence-electron chi connectivity index (χ2n) is 8.11. The Bertz CT molecular complexity index is 1140. The van der Waals surface area contributed by atoms with Crippen LogP contribution in [0.5, 0.6) is 5.75 Å². The van der Waals surface area contributed by atoms with Gasteiger partial charge >= 0.3 is 12.1 Å². The SMILES string of the molecule is CC(=O)OC1C(n2ccc(C(C)O[N+](=O)[O-])cc2=O)c2cc(C(F)(F)F)ccc2OC1(C)C. The van der Waals surface area contributed by atoms with Crippen molar-refractivity contribution in [2.75, 3.05) is 0 Å². The van der Waals surface area contributed by atoms with E-state index in [9.17, 15) is 32.9 Å². The summed E-state index contributed by atoms with van der Waals surface area (Å²) in [7, 11) is 0. The number of pyridine rings is 1. The molecular formula is C21H21F3N2O7. The van der Waals surface area contributed by atoms with Crippen molar-refractivity contribution >= 4 is 5.97 Å². The van der Waals surface area contributed by atoms with Gasteiger partial charge in [0.25, 0.3) is 10.6 Å². The molecule has 0 N–H and O–H groups in total. The molecule has 0 amide bonds. The zero-order valence-electron chi connectivity index (χ0n) is 18.1. The van der Waals surface area contributed by atoms with Gasteiger partial charge in [-0.1, -0.05) is 0 Å². The van der Waals surface area contributed by atoms with Gasteiger partial charge in [0.1, 0.15) is 23.5 Å². The van der Waals surface area contributed by atoms with E-state index in [2.05, 4.69) is 4.84 Å². The average Bonchev–Trinajstić information content (AvgIpc) is 2.66. The lowest BCUT2D eigenvalue weighted by atomic mass is 9.85.